The lowest BCUT2D eigenvalue weighted by Gasteiger charge is -2.32. The fourth-order valence-electron chi connectivity index (χ4n) is 2.35. The predicted octanol–water partition coefficient (Wildman–Crippen LogP) is 3.58. The molecule has 2 rings (SSSR count). The van der Waals surface area contributed by atoms with Crippen molar-refractivity contribution in [2.24, 2.45) is 0 Å². The first-order valence-corrected chi connectivity index (χ1v) is 6.44. The van der Waals surface area contributed by atoms with Gasteiger partial charge in [-0.05, 0) is 53.4 Å². The Bertz CT molecular complexity index is 278. The minimum atomic E-state index is -0.188. The summed E-state index contributed by atoms with van der Waals surface area (Å²) in [6.07, 6.45) is 8.44. The van der Waals surface area contributed by atoms with Gasteiger partial charge in [-0.3, -0.25) is 0 Å². The van der Waals surface area contributed by atoms with Crippen molar-refractivity contribution in [1.82, 2.24) is 0 Å². The van der Waals surface area contributed by atoms with Gasteiger partial charge in [0, 0.05) is 6.32 Å². The molecule has 16 heavy (non-hydrogen) atoms. The average Bonchev–Trinajstić information content (AvgIpc) is 2.36. The second-order valence-corrected chi connectivity index (χ2v) is 6.00. The zero-order valence-electron chi connectivity index (χ0n) is 11.0. The Kier molecular flexibility index (Phi) is 3.19. The first-order chi connectivity index (χ1) is 7.41. The van der Waals surface area contributed by atoms with E-state index in [1.807, 2.05) is 0 Å². The predicted molar refractivity (Wildman–Crippen MR) is 67.4 cm³/mol. The van der Waals surface area contributed by atoms with Crippen LogP contribution in [0.3, 0.4) is 0 Å². The standard InChI is InChI=1S/C13H23BO2/c1-12(2)13(3,4)16-14(15-12)10-11-8-6-5-7-9-11/h8H,5-7,9-10H2,1-4H3. The minimum Gasteiger partial charge on any atom is -0.403 e. The third kappa shape index (κ3) is 2.35. The van der Waals surface area contributed by atoms with Gasteiger partial charge in [0.25, 0.3) is 0 Å². The third-order valence-electron chi connectivity index (χ3n) is 4.12. The highest BCUT2D eigenvalue weighted by atomic mass is 16.7. The first-order valence-electron chi connectivity index (χ1n) is 6.44. The van der Waals surface area contributed by atoms with Gasteiger partial charge in [-0.25, -0.2) is 0 Å². The molecule has 1 aliphatic carbocycles. The molecule has 1 fully saturated rings. The summed E-state index contributed by atoms with van der Waals surface area (Å²) < 4.78 is 12.0. The summed E-state index contributed by atoms with van der Waals surface area (Å²) >= 11 is 0. The summed E-state index contributed by atoms with van der Waals surface area (Å²) in [4.78, 5) is 0. The van der Waals surface area contributed by atoms with Crippen LogP contribution in [0.15, 0.2) is 11.6 Å². The summed E-state index contributed by atoms with van der Waals surface area (Å²) in [7, 11) is -0.0469. The van der Waals surface area contributed by atoms with Crippen LogP contribution in [0.1, 0.15) is 53.4 Å². The lowest BCUT2D eigenvalue weighted by atomic mass is 9.77. The first kappa shape index (κ1) is 12.2. The molecule has 0 aromatic carbocycles. The van der Waals surface area contributed by atoms with Crippen molar-refractivity contribution < 1.29 is 9.31 Å². The van der Waals surface area contributed by atoms with Gasteiger partial charge in [0.15, 0.2) is 0 Å². The van der Waals surface area contributed by atoms with Crippen LogP contribution in [0.4, 0.5) is 0 Å². The molecular weight excluding hydrogens is 199 g/mol. The van der Waals surface area contributed by atoms with Crippen molar-refractivity contribution in [2.75, 3.05) is 0 Å². The second-order valence-electron chi connectivity index (χ2n) is 6.00. The Morgan fingerprint density at radius 2 is 1.75 bits per heavy atom. The van der Waals surface area contributed by atoms with Crippen LogP contribution in [0.25, 0.3) is 0 Å². The van der Waals surface area contributed by atoms with Crippen molar-refractivity contribution in [3.05, 3.63) is 11.6 Å². The van der Waals surface area contributed by atoms with E-state index in [-0.39, 0.29) is 18.3 Å². The Morgan fingerprint density at radius 3 is 2.25 bits per heavy atom. The number of hydrogen-bond acceptors (Lipinski definition) is 2. The van der Waals surface area contributed by atoms with E-state index in [9.17, 15) is 0 Å². The van der Waals surface area contributed by atoms with E-state index < -0.39 is 0 Å². The molecule has 2 aliphatic rings. The monoisotopic (exact) mass is 222 g/mol. The minimum absolute atomic E-state index is 0.0469. The highest BCUT2D eigenvalue weighted by molar-refractivity contribution is 6.46. The topological polar surface area (TPSA) is 18.5 Å². The molecule has 2 nitrogen and oxygen atoms in total. The van der Waals surface area contributed by atoms with Crippen molar-refractivity contribution in [3.63, 3.8) is 0 Å². The van der Waals surface area contributed by atoms with Gasteiger partial charge in [0.05, 0.1) is 11.2 Å². The molecule has 1 aliphatic heterocycles. The maximum absolute atomic E-state index is 6.00. The zero-order valence-corrected chi connectivity index (χ0v) is 11.0. The summed E-state index contributed by atoms with van der Waals surface area (Å²) in [6.45, 7) is 8.45. The van der Waals surface area contributed by atoms with Gasteiger partial charge in [0.1, 0.15) is 0 Å². The molecule has 90 valence electrons. The van der Waals surface area contributed by atoms with Crippen LogP contribution in [-0.4, -0.2) is 18.3 Å². The second kappa shape index (κ2) is 4.19. The van der Waals surface area contributed by atoms with Crippen LogP contribution in [0.2, 0.25) is 6.32 Å². The van der Waals surface area contributed by atoms with E-state index in [1.165, 1.54) is 31.3 Å². The SMILES string of the molecule is CC1(C)OB(CC2=CCCCC2)OC1(C)C. The fraction of sp³-hybridized carbons (Fsp3) is 0.846. The lowest BCUT2D eigenvalue weighted by molar-refractivity contribution is 0.00578. The Morgan fingerprint density at radius 1 is 1.12 bits per heavy atom. The Hall–Kier alpha value is -0.275. The largest absolute Gasteiger partial charge is 0.462 e. The Labute approximate surface area is 99.5 Å². The molecular formula is C13H23BO2. The molecule has 1 heterocycles. The molecule has 0 saturated carbocycles. The molecule has 1 saturated heterocycles. The van der Waals surface area contributed by atoms with Crippen molar-refractivity contribution in [2.45, 2.75) is 70.9 Å². The van der Waals surface area contributed by atoms with Crippen LogP contribution in [-0.2, 0) is 9.31 Å². The van der Waals surface area contributed by atoms with Crippen LogP contribution in [0, 0.1) is 0 Å². The molecule has 0 aromatic rings. The van der Waals surface area contributed by atoms with Crippen LogP contribution >= 0.6 is 0 Å². The zero-order chi connectivity index (χ0) is 11.8. The highest BCUT2D eigenvalue weighted by Crippen LogP contribution is 2.39. The van der Waals surface area contributed by atoms with E-state index in [0.29, 0.717) is 0 Å². The third-order valence-corrected chi connectivity index (χ3v) is 4.12. The summed E-state index contributed by atoms with van der Waals surface area (Å²) in [5.41, 5.74) is 1.14. The molecule has 0 radical (unpaired) electrons. The van der Waals surface area contributed by atoms with E-state index in [4.69, 9.17) is 9.31 Å². The molecule has 0 aromatic heterocycles. The lowest BCUT2D eigenvalue weighted by Crippen LogP contribution is -2.41. The molecule has 0 atom stereocenters. The molecule has 0 spiro atoms. The summed E-state index contributed by atoms with van der Waals surface area (Å²) in [5.74, 6) is 0. The molecule has 0 amide bonds. The van der Waals surface area contributed by atoms with Gasteiger partial charge in [-0.2, -0.15) is 0 Å². The van der Waals surface area contributed by atoms with Crippen LogP contribution in [0.5, 0.6) is 0 Å². The maximum Gasteiger partial charge on any atom is 0.462 e. The quantitative estimate of drug-likeness (QED) is 0.525. The van der Waals surface area contributed by atoms with Crippen LogP contribution < -0.4 is 0 Å². The van der Waals surface area contributed by atoms with Gasteiger partial charge in [0.2, 0.25) is 0 Å². The van der Waals surface area contributed by atoms with Gasteiger partial charge in [-0.15, -0.1) is 0 Å². The van der Waals surface area contributed by atoms with E-state index in [2.05, 4.69) is 33.8 Å². The fourth-order valence-corrected chi connectivity index (χ4v) is 2.35. The number of allylic oxidation sites excluding steroid dienone is 2. The maximum atomic E-state index is 6.00. The number of hydrogen-bond donors (Lipinski definition) is 0. The number of rotatable bonds is 2. The van der Waals surface area contributed by atoms with Crippen molar-refractivity contribution in [1.29, 1.82) is 0 Å². The molecule has 3 heteroatoms. The molecule has 0 N–H and O–H groups in total. The van der Waals surface area contributed by atoms with E-state index in [1.54, 1.807) is 0 Å². The summed E-state index contributed by atoms with van der Waals surface area (Å²) in [5, 5.41) is 0. The molecule has 0 bridgehead atoms. The summed E-state index contributed by atoms with van der Waals surface area (Å²) in [6, 6.07) is 0. The van der Waals surface area contributed by atoms with Crippen molar-refractivity contribution >= 4 is 7.12 Å². The van der Waals surface area contributed by atoms with Crippen molar-refractivity contribution in [3.8, 4) is 0 Å². The normalized spacial score (nSPS) is 28.0. The van der Waals surface area contributed by atoms with Gasteiger partial charge >= 0.3 is 7.12 Å². The van der Waals surface area contributed by atoms with E-state index in [0.717, 1.165) is 6.32 Å². The Balaban J connectivity index is 1.96. The highest BCUT2D eigenvalue weighted by Gasteiger charge is 2.50. The molecule has 0 unspecified atom stereocenters. The van der Waals surface area contributed by atoms with Gasteiger partial charge < -0.3 is 9.31 Å². The van der Waals surface area contributed by atoms with Gasteiger partial charge in [-0.1, -0.05) is 11.6 Å². The average molecular weight is 222 g/mol. The smallest absolute Gasteiger partial charge is 0.403 e. The van der Waals surface area contributed by atoms with E-state index >= 15 is 0 Å².